The summed E-state index contributed by atoms with van der Waals surface area (Å²) >= 11 is 1.29. The molecule has 5 nitrogen and oxygen atoms in total. The lowest BCUT2D eigenvalue weighted by atomic mass is 10.0. The van der Waals surface area contributed by atoms with Gasteiger partial charge in [-0.15, -0.1) is 11.3 Å². The normalized spacial score (nSPS) is 10.5. The van der Waals surface area contributed by atoms with Crippen molar-refractivity contribution >= 4 is 28.2 Å². The molecule has 1 aromatic heterocycles. The average Bonchev–Trinajstić information content (AvgIpc) is 3.21. The molecular weight excluding hydrogens is 410 g/mol. The van der Waals surface area contributed by atoms with E-state index in [1.165, 1.54) is 29.6 Å². The standard InChI is InChI=1S/C25H27NO4S/c1-4-6-18-9-13-20(14-10-18)30-15-22(27)26-24-23(25(28)29-3)21(16-31-24)19-11-7-17(5-2)8-12-19/h7-14,16H,4-6,15H2,1-3H3,(H,26,27). The average molecular weight is 438 g/mol. The van der Waals surface area contributed by atoms with E-state index in [0.29, 0.717) is 16.3 Å². The van der Waals surface area contributed by atoms with Crippen LogP contribution in [0.15, 0.2) is 53.9 Å². The van der Waals surface area contributed by atoms with Crippen LogP contribution in [0.2, 0.25) is 0 Å². The Morgan fingerprint density at radius 3 is 2.26 bits per heavy atom. The van der Waals surface area contributed by atoms with Crippen LogP contribution in [0.25, 0.3) is 11.1 Å². The second kappa shape index (κ2) is 10.8. The highest BCUT2D eigenvalue weighted by molar-refractivity contribution is 7.15. The molecule has 2 aromatic carbocycles. The minimum Gasteiger partial charge on any atom is -0.484 e. The van der Waals surface area contributed by atoms with Gasteiger partial charge in [-0.05, 0) is 41.7 Å². The monoisotopic (exact) mass is 437 g/mol. The molecule has 0 radical (unpaired) electrons. The third-order valence-electron chi connectivity index (χ3n) is 4.94. The fraction of sp³-hybridized carbons (Fsp3) is 0.280. The number of anilines is 1. The predicted octanol–water partition coefficient (Wildman–Crippen LogP) is 5.73. The lowest BCUT2D eigenvalue weighted by Crippen LogP contribution is -2.21. The zero-order valence-electron chi connectivity index (χ0n) is 18.1. The number of ether oxygens (including phenoxy) is 2. The van der Waals surface area contributed by atoms with E-state index in [1.807, 2.05) is 53.9 Å². The second-order valence-corrected chi connectivity index (χ2v) is 8.01. The Bertz CT molecular complexity index is 1020. The van der Waals surface area contributed by atoms with Crippen LogP contribution in [-0.4, -0.2) is 25.6 Å². The number of amides is 1. The van der Waals surface area contributed by atoms with E-state index in [1.54, 1.807) is 0 Å². The number of thiophene rings is 1. The Hall–Kier alpha value is -3.12. The van der Waals surface area contributed by atoms with Crippen molar-refractivity contribution in [3.63, 3.8) is 0 Å². The molecular formula is C25H27NO4S. The third-order valence-corrected chi connectivity index (χ3v) is 5.83. The smallest absolute Gasteiger partial charge is 0.341 e. The lowest BCUT2D eigenvalue weighted by molar-refractivity contribution is -0.118. The molecule has 0 atom stereocenters. The van der Waals surface area contributed by atoms with Gasteiger partial charge in [0.05, 0.1) is 7.11 Å². The van der Waals surface area contributed by atoms with Gasteiger partial charge in [-0.3, -0.25) is 4.79 Å². The number of esters is 1. The molecule has 3 aromatic rings. The summed E-state index contributed by atoms with van der Waals surface area (Å²) in [5, 5.41) is 5.10. The van der Waals surface area contributed by atoms with Crippen LogP contribution in [0, 0.1) is 0 Å². The number of hydrogen-bond acceptors (Lipinski definition) is 5. The van der Waals surface area contributed by atoms with Gasteiger partial charge in [0.25, 0.3) is 5.91 Å². The molecule has 0 saturated heterocycles. The first kappa shape index (κ1) is 22.6. The zero-order chi connectivity index (χ0) is 22.2. The van der Waals surface area contributed by atoms with Gasteiger partial charge in [-0.25, -0.2) is 4.79 Å². The highest BCUT2D eigenvalue weighted by atomic mass is 32.1. The van der Waals surface area contributed by atoms with Crippen molar-refractivity contribution in [1.82, 2.24) is 0 Å². The number of methoxy groups -OCH3 is 1. The van der Waals surface area contributed by atoms with Gasteiger partial charge in [0, 0.05) is 10.9 Å². The molecule has 1 heterocycles. The van der Waals surface area contributed by atoms with Gasteiger partial charge >= 0.3 is 5.97 Å². The Balaban J connectivity index is 1.72. The second-order valence-electron chi connectivity index (χ2n) is 7.13. The minimum absolute atomic E-state index is 0.147. The van der Waals surface area contributed by atoms with Gasteiger partial charge < -0.3 is 14.8 Å². The van der Waals surface area contributed by atoms with Crippen molar-refractivity contribution < 1.29 is 19.1 Å². The lowest BCUT2D eigenvalue weighted by Gasteiger charge is -2.09. The summed E-state index contributed by atoms with van der Waals surface area (Å²) in [6, 6.07) is 15.7. The fourth-order valence-electron chi connectivity index (χ4n) is 3.24. The maximum absolute atomic E-state index is 12.5. The number of aryl methyl sites for hydroxylation is 2. The highest BCUT2D eigenvalue weighted by Gasteiger charge is 2.22. The molecule has 0 bridgehead atoms. The summed E-state index contributed by atoms with van der Waals surface area (Å²) in [7, 11) is 1.33. The Morgan fingerprint density at radius 1 is 0.968 bits per heavy atom. The van der Waals surface area contributed by atoms with Crippen LogP contribution in [0.5, 0.6) is 5.75 Å². The Kier molecular flexibility index (Phi) is 7.84. The molecule has 0 unspecified atom stereocenters. The summed E-state index contributed by atoms with van der Waals surface area (Å²) in [6.45, 7) is 4.08. The van der Waals surface area contributed by atoms with Crippen molar-refractivity contribution in [2.45, 2.75) is 33.1 Å². The maximum atomic E-state index is 12.5. The van der Waals surface area contributed by atoms with Crippen molar-refractivity contribution in [2.75, 3.05) is 19.0 Å². The van der Waals surface area contributed by atoms with Crippen LogP contribution < -0.4 is 10.1 Å². The first-order valence-electron chi connectivity index (χ1n) is 10.4. The van der Waals surface area contributed by atoms with E-state index in [4.69, 9.17) is 9.47 Å². The third kappa shape index (κ3) is 5.73. The molecule has 1 amide bonds. The molecule has 0 aliphatic heterocycles. The van der Waals surface area contributed by atoms with E-state index in [-0.39, 0.29) is 12.5 Å². The van der Waals surface area contributed by atoms with E-state index >= 15 is 0 Å². The molecule has 0 aliphatic carbocycles. The van der Waals surface area contributed by atoms with Crippen LogP contribution in [0.3, 0.4) is 0 Å². The molecule has 0 saturated carbocycles. The number of carbonyl (C=O) groups is 2. The first-order chi connectivity index (χ1) is 15.0. The first-order valence-corrected chi connectivity index (χ1v) is 11.2. The van der Waals surface area contributed by atoms with Gasteiger partial charge in [-0.2, -0.15) is 0 Å². The van der Waals surface area contributed by atoms with Crippen molar-refractivity contribution in [2.24, 2.45) is 0 Å². The molecule has 0 fully saturated rings. The Morgan fingerprint density at radius 2 is 1.65 bits per heavy atom. The molecule has 1 N–H and O–H groups in total. The summed E-state index contributed by atoms with van der Waals surface area (Å²) in [5.41, 5.74) is 4.45. The summed E-state index contributed by atoms with van der Waals surface area (Å²) in [6.07, 6.45) is 3.03. The number of hydrogen-bond donors (Lipinski definition) is 1. The fourth-order valence-corrected chi connectivity index (χ4v) is 4.21. The molecule has 0 spiro atoms. The minimum atomic E-state index is -0.487. The quantitative estimate of drug-likeness (QED) is 0.434. The topological polar surface area (TPSA) is 64.6 Å². The predicted molar refractivity (Wildman–Crippen MR) is 125 cm³/mol. The van der Waals surface area contributed by atoms with Crippen LogP contribution in [0.4, 0.5) is 5.00 Å². The van der Waals surface area contributed by atoms with E-state index in [2.05, 4.69) is 19.2 Å². The molecule has 3 rings (SSSR count). The summed E-state index contributed by atoms with van der Waals surface area (Å²) in [5.74, 6) is -0.192. The number of rotatable bonds is 9. The molecule has 31 heavy (non-hydrogen) atoms. The largest absolute Gasteiger partial charge is 0.484 e. The number of nitrogens with one attached hydrogen (secondary N) is 1. The maximum Gasteiger partial charge on any atom is 0.341 e. The molecule has 162 valence electrons. The van der Waals surface area contributed by atoms with Crippen molar-refractivity contribution in [1.29, 1.82) is 0 Å². The van der Waals surface area contributed by atoms with Crippen LogP contribution >= 0.6 is 11.3 Å². The Labute approximate surface area is 187 Å². The van der Waals surface area contributed by atoms with E-state index in [9.17, 15) is 9.59 Å². The van der Waals surface area contributed by atoms with Crippen LogP contribution in [-0.2, 0) is 22.4 Å². The van der Waals surface area contributed by atoms with Crippen molar-refractivity contribution in [3.05, 3.63) is 70.6 Å². The highest BCUT2D eigenvalue weighted by Crippen LogP contribution is 2.36. The number of benzene rings is 2. The van der Waals surface area contributed by atoms with Gasteiger partial charge in [0.1, 0.15) is 16.3 Å². The summed E-state index contributed by atoms with van der Waals surface area (Å²) < 4.78 is 10.6. The van der Waals surface area contributed by atoms with Crippen LogP contribution in [0.1, 0.15) is 41.8 Å². The van der Waals surface area contributed by atoms with E-state index in [0.717, 1.165) is 30.4 Å². The van der Waals surface area contributed by atoms with Gasteiger partial charge in [0.2, 0.25) is 0 Å². The van der Waals surface area contributed by atoms with Crippen molar-refractivity contribution in [3.8, 4) is 16.9 Å². The molecule has 6 heteroatoms. The zero-order valence-corrected chi connectivity index (χ0v) is 18.9. The SMILES string of the molecule is CCCc1ccc(OCC(=O)Nc2scc(-c3ccc(CC)cc3)c2C(=O)OC)cc1. The van der Waals surface area contributed by atoms with Gasteiger partial charge in [-0.1, -0.05) is 56.7 Å². The summed E-state index contributed by atoms with van der Waals surface area (Å²) in [4.78, 5) is 24.9. The van der Waals surface area contributed by atoms with E-state index < -0.39 is 5.97 Å². The molecule has 0 aliphatic rings. The number of carbonyl (C=O) groups excluding carboxylic acids is 2. The van der Waals surface area contributed by atoms with Gasteiger partial charge in [0.15, 0.2) is 6.61 Å².